The maximum absolute atomic E-state index is 14.8. The van der Waals surface area contributed by atoms with E-state index in [2.05, 4.69) is 29.2 Å². The van der Waals surface area contributed by atoms with Crippen LogP contribution in [-0.4, -0.2) is 88.7 Å². The van der Waals surface area contributed by atoms with E-state index < -0.39 is 68.7 Å². The molecule has 1 saturated heterocycles. The van der Waals surface area contributed by atoms with Crippen molar-refractivity contribution in [2.45, 2.75) is 138 Å². The summed E-state index contributed by atoms with van der Waals surface area (Å²) in [6.45, 7) is 4.14. The van der Waals surface area contributed by atoms with Gasteiger partial charge in [-0.25, -0.2) is 18.2 Å². The van der Waals surface area contributed by atoms with Gasteiger partial charge in [-0.3, -0.25) is 19.1 Å². The van der Waals surface area contributed by atoms with Crippen LogP contribution in [0.1, 0.15) is 109 Å². The Morgan fingerprint density at radius 2 is 1.73 bits per heavy atom. The van der Waals surface area contributed by atoms with E-state index in [0.717, 1.165) is 49.7 Å². The van der Waals surface area contributed by atoms with Gasteiger partial charge >= 0.3 is 6.09 Å². The van der Waals surface area contributed by atoms with Crippen molar-refractivity contribution in [3.8, 4) is 17.3 Å². The Morgan fingerprint density at radius 1 is 0.968 bits per heavy atom. The highest BCUT2D eigenvalue weighted by molar-refractivity contribution is 7.91. The number of carbonyl (C=O) groups excluding carboxylic acids is 4. The van der Waals surface area contributed by atoms with Crippen LogP contribution in [0.3, 0.4) is 0 Å². The van der Waals surface area contributed by atoms with Crippen molar-refractivity contribution >= 4 is 67.5 Å². The van der Waals surface area contributed by atoms with Gasteiger partial charge < -0.3 is 29.4 Å². The molecule has 2 aliphatic heterocycles. The summed E-state index contributed by atoms with van der Waals surface area (Å²) in [5.41, 5.74) is 1.56. The summed E-state index contributed by atoms with van der Waals surface area (Å²) < 4.78 is 46.9. The zero-order valence-electron chi connectivity index (χ0n) is 35.4. The molecule has 4 aromatic rings. The fraction of sp³-hybridized carbons (Fsp3) is 0.522. The number of benzene rings is 2. The van der Waals surface area contributed by atoms with Crippen LogP contribution >= 0.6 is 11.6 Å². The summed E-state index contributed by atoms with van der Waals surface area (Å²) in [5.74, 6) is -1.64. The van der Waals surface area contributed by atoms with Crippen molar-refractivity contribution < 1.29 is 41.5 Å². The molecule has 15 nitrogen and oxygen atoms in total. The number of halogens is 1. The highest BCUT2D eigenvalue weighted by Gasteiger charge is 2.62. The topological polar surface area (TPSA) is 199 Å². The van der Waals surface area contributed by atoms with Gasteiger partial charge in [-0.2, -0.15) is 4.98 Å². The quantitative estimate of drug-likeness (QED) is 0.144. The number of hydrogen-bond acceptors (Lipinski definition) is 11. The lowest BCUT2D eigenvalue weighted by Gasteiger charge is -2.30. The molecule has 0 radical (unpaired) electrons. The SMILES string of the molecule is CC(C)c1ccc(-c2nc(OC3CC4C(=O)NC5(C(=O)NS(=O)(=O)C6CC6)CC5/C=C\CCCCCC(NC(=O)OC5CCCC5)C(=O)N4C3)c3oc4ccc(Cl)cc4c3n2)cc1. The van der Waals surface area contributed by atoms with Crippen molar-refractivity contribution in [3.63, 3.8) is 0 Å². The van der Waals surface area contributed by atoms with Crippen LogP contribution in [0.2, 0.25) is 5.02 Å². The Labute approximate surface area is 371 Å². The zero-order valence-corrected chi connectivity index (χ0v) is 37.0. The molecule has 334 valence electrons. The van der Waals surface area contributed by atoms with E-state index in [0.29, 0.717) is 65.4 Å². The van der Waals surface area contributed by atoms with Crippen molar-refractivity contribution in [1.29, 1.82) is 0 Å². The van der Waals surface area contributed by atoms with Gasteiger partial charge in [0.25, 0.3) is 11.8 Å². The van der Waals surface area contributed by atoms with Crippen LogP contribution in [0.25, 0.3) is 33.5 Å². The molecule has 2 aromatic carbocycles. The standard InChI is InChI=1S/C46H53ClN6O9S/c1-26(2)27-14-16-28(17-15-27)40-49-38-34-22-30(47)18-21-37(34)62-39(38)42(50-40)60-32-23-36-41(54)51-46(44(56)52-63(58,59)33-19-20-33)24-29(46)10-6-4-3-5-7-13-35(43(55)53(36)25-32)48-45(57)61-31-11-8-9-12-31/h6,10,14-18,21-22,26,29,31-33,35-36H,3-5,7-9,11-13,19-20,23-25H2,1-2H3,(H,48,57)(H,51,54)(H,52,56)/b10-6-. The van der Waals surface area contributed by atoms with Gasteiger partial charge in [-0.05, 0) is 93.9 Å². The first-order valence-electron chi connectivity index (χ1n) is 22.3. The van der Waals surface area contributed by atoms with Crippen LogP contribution in [0.15, 0.2) is 59.0 Å². The largest absolute Gasteiger partial charge is 0.470 e. The molecule has 0 spiro atoms. The summed E-state index contributed by atoms with van der Waals surface area (Å²) >= 11 is 6.44. The third-order valence-electron chi connectivity index (χ3n) is 13.1. The summed E-state index contributed by atoms with van der Waals surface area (Å²) in [6, 6.07) is 10.9. The summed E-state index contributed by atoms with van der Waals surface area (Å²) in [4.78, 5) is 67.9. The number of sulfonamides is 1. The molecule has 4 fully saturated rings. The van der Waals surface area contributed by atoms with Gasteiger partial charge in [-0.1, -0.05) is 74.7 Å². The molecule has 5 unspecified atom stereocenters. The minimum absolute atomic E-state index is 0.0225. The van der Waals surface area contributed by atoms with E-state index >= 15 is 0 Å². The number of nitrogens with zero attached hydrogens (tertiary/aromatic N) is 3. The van der Waals surface area contributed by atoms with Gasteiger partial charge in [0.1, 0.15) is 40.9 Å². The van der Waals surface area contributed by atoms with Gasteiger partial charge in [-0.15, -0.1) is 0 Å². The first kappa shape index (κ1) is 43.1. The smallest absolute Gasteiger partial charge is 0.408 e. The lowest BCUT2D eigenvalue weighted by molar-refractivity contribution is -0.141. The average molecular weight is 901 g/mol. The molecule has 0 bridgehead atoms. The predicted octanol–water partition coefficient (Wildman–Crippen LogP) is 7.21. The van der Waals surface area contributed by atoms with Crippen LogP contribution in [0.5, 0.6) is 5.88 Å². The van der Waals surface area contributed by atoms with Crippen LogP contribution in [0, 0.1) is 5.92 Å². The molecule has 63 heavy (non-hydrogen) atoms. The lowest BCUT2D eigenvalue weighted by Crippen LogP contribution is -2.58. The zero-order chi connectivity index (χ0) is 44.0. The van der Waals surface area contributed by atoms with Crippen LogP contribution in [0.4, 0.5) is 4.79 Å². The number of aromatic nitrogens is 2. The molecule has 4 heterocycles. The average Bonchev–Trinajstić information content (AvgIpc) is 4.07. The highest BCUT2D eigenvalue weighted by Crippen LogP contribution is 2.46. The van der Waals surface area contributed by atoms with E-state index in [-0.39, 0.29) is 37.0 Å². The fourth-order valence-corrected chi connectivity index (χ4v) is 10.7. The molecule has 2 aromatic heterocycles. The van der Waals surface area contributed by atoms with Crippen molar-refractivity contribution in [2.24, 2.45) is 5.92 Å². The van der Waals surface area contributed by atoms with Crippen molar-refractivity contribution in [1.82, 2.24) is 30.2 Å². The number of nitrogens with one attached hydrogen (secondary N) is 3. The molecule has 5 aliphatic rings. The predicted molar refractivity (Wildman–Crippen MR) is 235 cm³/mol. The first-order valence-corrected chi connectivity index (χ1v) is 24.2. The highest BCUT2D eigenvalue weighted by atomic mass is 35.5. The Balaban J connectivity index is 1.06. The third kappa shape index (κ3) is 9.11. The Kier molecular flexibility index (Phi) is 11.9. The van der Waals surface area contributed by atoms with E-state index in [9.17, 15) is 27.6 Å². The monoisotopic (exact) mass is 900 g/mol. The number of rotatable bonds is 9. The van der Waals surface area contributed by atoms with Gasteiger partial charge in [0, 0.05) is 28.3 Å². The molecule has 3 saturated carbocycles. The molecule has 17 heteroatoms. The maximum Gasteiger partial charge on any atom is 0.408 e. The molecular weight excluding hydrogens is 848 g/mol. The third-order valence-corrected chi connectivity index (χ3v) is 15.1. The number of alkyl carbamates (subject to hydrolysis) is 1. The molecule has 4 amide bonds. The minimum Gasteiger partial charge on any atom is -0.470 e. The van der Waals surface area contributed by atoms with Crippen LogP contribution in [-0.2, 0) is 29.1 Å². The minimum atomic E-state index is -3.93. The summed E-state index contributed by atoms with van der Waals surface area (Å²) in [6.07, 6.45) is 9.73. The van der Waals surface area contributed by atoms with E-state index in [1.54, 1.807) is 18.2 Å². The Bertz CT molecular complexity index is 2570. The second-order valence-electron chi connectivity index (χ2n) is 18.1. The molecular formula is C46H53ClN6O9S. The lowest BCUT2D eigenvalue weighted by atomic mass is 10.0. The number of furan rings is 1. The number of carbonyl (C=O) groups is 4. The van der Waals surface area contributed by atoms with Gasteiger partial charge in [0.2, 0.25) is 27.4 Å². The van der Waals surface area contributed by atoms with Crippen LogP contribution < -0.4 is 20.1 Å². The van der Waals surface area contributed by atoms with E-state index in [1.165, 1.54) is 4.90 Å². The number of amides is 4. The van der Waals surface area contributed by atoms with Gasteiger partial charge in [0.15, 0.2) is 5.82 Å². The molecule has 9 rings (SSSR count). The van der Waals surface area contributed by atoms with Crippen molar-refractivity contribution in [2.75, 3.05) is 6.54 Å². The van der Waals surface area contributed by atoms with Crippen molar-refractivity contribution in [3.05, 3.63) is 65.2 Å². The molecule has 3 N–H and O–H groups in total. The van der Waals surface area contributed by atoms with E-state index in [4.69, 9.17) is 35.5 Å². The number of allylic oxidation sites excluding steroid dienone is 1. The normalized spacial score (nSPS) is 26.4. The second-order valence-corrected chi connectivity index (χ2v) is 20.5. The maximum atomic E-state index is 14.8. The summed E-state index contributed by atoms with van der Waals surface area (Å²) in [5, 5.41) is 6.23. The van der Waals surface area contributed by atoms with Gasteiger partial charge in [0.05, 0.1) is 11.8 Å². The molecule has 5 atom stereocenters. The number of hydrogen-bond donors (Lipinski definition) is 3. The number of fused-ring (bicyclic) bond motifs is 5. The number of ether oxygens (including phenoxy) is 2. The second kappa shape index (κ2) is 17.4. The molecule has 3 aliphatic carbocycles. The Morgan fingerprint density at radius 3 is 2.48 bits per heavy atom. The first-order chi connectivity index (χ1) is 30.3. The summed E-state index contributed by atoms with van der Waals surface area (Å²) in [7, 11) is -3.93. The fourth-order valence-electron chi connectivity index (χ4n) is 9.16. The Hall–Kier alpha value is -5.22. The van der Waals surface area contributed by atoms with E-state index in [1.807, 2.05) is 36.4 Å².